The lowest BCUT2D eigenvalue weighted by Gasteiger charge is -2.37. The Morgan fingerprint density at radius 3 is 2.32 bits per heavy atom. The fraction of sp³-hybridized carbons (Fsp3) is 0.364. The van der Waals surface area contributed by atoms with Crippen LogP contribution < -0.4 is 0 Å². The summed E-state index contributed by atoms with van der Waals surface area (Å²) in [6, 6.07) is 11.8. The van der Waals surface area contributed by atoms with Crippen LogP contribution in [0.25, 0.3) is 5.57 Å². The van der Waals surface area contributed by atoms with E-state index in [0.717, 1.165) is 16.0 Å². The molecule has 0 bridgehead atoms. The summed E-state index contributed by atoms with van der Waals surface area (Å²) in [5.41, 5.74) is 3.13. The van der Waals surface area contributed by atoms with Gasteiger partial charge in [-0.1, -0.05) is 35.9 Å². The number of hydrogen-bond acceptors (Lipinski definition) is 5. The van der Waals surface area contributed by atoms with Gasteiger partial charge in [-0.25, -0.2) is 0 Å². The Bertz CT molecular complexity index is 908. The molecule has 4 rings (SSSR count). The highest BCUT2D eigenvalue weighted by Crippen LogP contribution is 2.35. The van der Waals surface area contributed by atoms with Crippen molar-refractivity contribution in [3.63, 3.8) is 0 Å². The van der Waals surface area contributed by atoms with E-state index in [-0.39, 0.29) is 30.6 Å². The third kappa shape index (κ3) is 3.50. The van der Waals surface area contributed by atoms with Gasteiger partial charge in [-0.05, 0) is 37.8 Å². The van der Waals surface area contributed by atoms with Crippen LogP contribution in [-0.2, 0) is 20.9 Å². The molecule has 5 nitrogen and oxygen atoms in total. The third-order valence-electron chi connectivity index (χ3n) is 5.11. The molecule has 0 N–H and O–H groups in total. The van der Waals surface area contributed by atoms with E-state index in [0.29, 0.717) is 24.4 Å². The van der Waals surface area contributed by atoms with Gasteiger partial charge in [0, 0.05) is 18.0 Å². The summed E-state index contributed by atoms with van der Waals surface area (Å²) >= 11 is 1.49. The Balaban J connectivity index is 1.70. The van der Waals surface area contributed by atoms with Crippen LogP contribution in [0.5, 0.6) is 0 Å². The lowest BCUT2D eigenvalue weighted by molar-refractivity contribution is -0.139. The number of ether oxygens (including phenoxy) is 1. The minimum absolute atomic E-state index is 0.00915. The van der Waals surface area contributed by atoms with Crippen molar-refractivity contribution in [2.45, 2.75) is 39.5 Å². The van der Waals surface area contributed by atoms with Gasteiger partial charge in [0.05, 0.1) is 24.3 Å². The average Bonchev–Trinajstić information content (AvgIpc) is 3.25. The summed E-state index contributed by atoms with van der Waals surface area (Å²) in [5, 5.41) is 1.94. The Labute approximate surface area is 169 Å². The van der Waals surface area contributed by atoms with Crippen LogP contribution in [0.1, 0.15) is 29.9 Å². The number of imide groups is 1. The zero-order chi connectivity index (χ0) is 19.8. The fourth-order valence-corrected chi connectivity index (χ4v) is 4.64. The molecule has 0 radical (unpaired) electrons. The second-order valence-corrected chi connectivity index (χ2v) is 8.49. The van der Waals surface area contributed by atoms with Gasteiger partial charge in [-0.15, -0.1) is 11.3 Å². The van der Waals surface area contributed by atoms with E-state index in [1.54, 1.807) is 0 Å². The molecule has 3 heterocycles. The monoisotopic (exact) mass is 396 g/mol. The molecule has 2 aromatic rings. The van der Waals surface area contributed by atoms with Crippen molar-refractivity contribution in [1.82, 2.24) is 9.80 Å². The maximum Gasteiger partial charge on any atom is 0.278 e. The number of morpholine rings is 1. The maximum absolute atomic E-state index is 13.4. The highest BCUT2D eigenvalue weighted by molar-refractivity contribution is 7.11. The van der Waals surface area contributed by atoms with Crippen molar-refractivity contribution < 1.29 is 14.3 Å². The standard InChI is InChI=1S/C22H24N2O3S/c1-14-6-8-17(9-7-14)13-24-21(25)19(18-5-4-10-28-18)20(22(24)26)23-11-15(2)27-16(3)12-23/h4-10,15-16H,11-13H2,1-3H3. The minimum atomic E-state index is -0.213. The SMILES string of the molecule is Cc1ccc(CN2C(=O)C(c3cccs3)=C(N3CC(C)OC(C)C3)C2=O)cc1. The number of aryl methyl sites for hydroxylation is 1. The van der Waals surface area contributed by atoms with Crippen molar-refractivity contribution in [3.05, 3.63) is 63.5 Å². The van der Waals surface area contributed by atoms with Crippen molar-refractivity contribution in [2.24, 2.45) is 0 Å². The first kappa shape index (κ1) is 18.9. The van der Waals surface area contributed by atoms with Crippen LogP contribution >= 0.6 is 11.3 Å². The largest absolute Gasteiger partial charge is 0.372 e. The van der Waals surface area contributed by atoms with E-state index in [1.807, 2.05) is 67.4 Å². The quantitative estimate of drug-likeness (QED) is 0.743. The molecule has 1 aromatic carbocycles. The molecule has 0 saturated carbocycles. The van der Waals surface area contributed by atoms with E-state index in [4.69, 9.17) is 4.74 Å². The van der Waals surface area contributed by atoms with Crippen molar-refractivity contribution in [3.8, 4) is 0 Å². The zero-order valence-corrected chi connectivity index (χ0v) is 17.2. The number of amides is 2. The predicted octanol–water partition coefficient (Wildman–Crippen LogP) is 3.45. The molecule has 6 heteroatoms. The first-order valence-electron chi connectivity index (χ1n) is 9.54. The number of rotatable bonds is 4. The van der Waals surface area contributed by atoms with Gasteiger partial charge in [-0.2, -0.15) is 0 Å². The summed E-state index contributed by atoms with van der Waals surface area (Å²) in [7, 11) is 0. The highest BCUT2D eigenvalue weighted by atomic mass is 32.1. The zero-order valence-electron chi connectivity index (χ0n) is 16.3. The molecule has 0 spiro atoms. The van der Waals surface area contributed by atoms with E-state index < -0.39 is 0 Å². The molecule has 2 atom stereocenters. The van der Waals surface area contributed by atoms with Crippen LogP contribution in [0, 0.1) is 6.92 Å². The van der Waals surface area contributed by atoms with Gasteiger partial charge in [0.1, 0.15) is 5.70 Å². The Morgan fingerprint density at radius 1 is 1.04 bits per heavy atom. The van der Waals surface area contributed by atoms with E-state index in [1.165, 1.54) is 16.2 Å². The molecule has 2 aliphatic rings. The van der Waals surface area contributed by atoms with Crippen LogP contribution in [0.15, 0.2) is 47.5 Å². The predicted molar refractivity (Wildman–Crippen MR) is 110 cm³/mol. The lowest BCUT2D eigenvalue weighted by atomic mass is 10.1. The summed E-state index contributed by atoms with van der Waals surface area (Å²) in [6.45, 7) is 7.51. The molecule has 2 unspecified atom stereocenters. The number of benzene rings is 1. The van der Waals surface area contributed by atoms with Gasteiger partial charge in [-0.3, -0.25) is 14.5 Å². The van der Waals surface area contributed by atoms with Gasteiger partial charge >= 0.3 is 0 Å². The minimum Gasteiger partial charge on any atom is -0.372 e. The topological polar surface area (TPSA) is 49.9 Å². The van der Waals surface area contributed by atoms with E-state index in [2.05, 4.69) is 0 Å². The van der Waals surface area contributed by atoms with Gasteiger partial charge in [0.25, 0.3) is 11.8 Å². The van der Waals surface area contributed by atoms with Crippen molar-refractivity contribution in [2.75, 3.05) is 13.1 Å². The number of carbonyl (C=O) groups is 2. The average molecular weight is 397 g/mol. The first-order chi connectivity index (χ1) is 13.4. The molecule has 0 aliphatic carbocycles. The molecule has 28 heavy (non-hydrogen) atoms. The Morgan fingerprint density at radius 2 is 1.71 bits per heavy atom. The van der Waals surface area contributed by atoms with Crippen molar-refractivity contribution >= 4 is 28.7 Å². The molecule has 2 amide bonds. The Kier molecular flexibility index (Phi) is 5.08. The summed E-state index contributed by atoms with van der Waals surface area (Å²) in [6.07, 6.45) is 0.0183. The first-order valence-corrected chi connectivity index (χ1v) is 10.4. The van der Waals surface area contributed by atoms with Crippen LogP contribution in [-0.4, -0.2) is 46.9 Å². The number of hydrogen-bond donors (Lipinski definition) is 0. The maximum atomic E-state index is 13.4. The van der Waals surface area contributed by atoms with Crippen molar-refractivity contribution in [1.29, 1.82) is 0 Å². The second-order valence-electron chi connectivity index (χ2n) is 7.55. The number of thiophene rings is 1. The number of nitrogens with zero attached hydrogens (tertiary/aromatic N) is 2. The highest BCUT2D eigenvalue weighted by Gasteiger charge is 2.43. The number of carbonyl (C=O) groups excluding carboxylic acids is 2. The lowest BCUT2D eigenvalue weighted by Crippen LogP contribution is -2.46. The fourth-order valence-electron chi connectivity index (χ4n) is 3.88. The van der Waals surface area contributed by atoms with E-state index in [9.17, 15) is 9.59 Å². The van der Waals surface area contributed by atoms with Crippen LogP contribution in [0.2, 0.25) is 0 Å². The molecule has 146 valence electrons. The molecule has 1 aromatic heterocycles. The molecular formula is C22H24N2O3S. The normalized spacial score (nSPS) is 23.1. The van der Waals surface area contributed by atoms with E-state index >= 15 is 0 Å². The second kappa shape index (κ2) is 7.53. The molecule has 1 fully saturated rings. The van der Waals surface area contributed by atoms with Gasteiger partial charge < -0.3 is 9.64 Å². The smallest absolute Gasteiger partial charge is 0.278 e. The summed E-state index contributed by atoms with van der Waals surface area (Å²) in [5.74, 6) is -0.426. The molecule has 1 saturated heterocycles. The third-order valence-corrected chi connectivity index (χ3v) is 6.00. The summed E-state index contributed by atoms with van der Waals surface area (Å²) in [4.78, 5) is 30.9. The molecule has 2 aliphatic heterocycles. The Hall–Kier alpha value is -2.44. The summed E-state index contributed by atoms with van der Waals surface area (Å²) < 4.78 is 5.83. The molecular weight excluding hydrogens is 372 g/mol. The van der Waals surface area contributed by atoms with Gasteiger partial charge in [0.2, 0.25) is 0 Å². The van der Waals surface area contributed by atoms with Crippen LogP contribution in [0.3, 0.4) is 0 Å². The van der Waals surface area contributed by atoms with Gasteiger partial charge in [0.15, 0.2) is 0 Å². The van der Waals surface area contributed by atoms with Crippen LogP contribution in [0.4, 0.5) is 0 Å².